The van der Waals surface area contributed by atoms with Crippen LogP contribution in [-0.4, -0.2) is 14.5 Å². The van der Waals surface area contributed by atoms with Crippen molar-refractivity contribution in [3.8, 4) is 5.69 Å². The van der Waals surface area contributed by atoms with E-state index >= 15 is 0 Å². The van der Waals surface area contributed by atoms with Crippen LogP contribution in [0.1, 0.15) is 18.5 Å². The van der Waals surface area contributed by atoms with E-state index in [-0.39, 0.29) is 11.7 Å². The van der Waals surface area contributed by atoms with Gasteiger partial charge in [0.25, 0.3) is 5.69 Å². The lowest BCUT2D eigenvalue weighted by molar-refractivity contribution is -0.384. The molecule has 24 heavy (non-hydrogen) atoms. The minimum atomic E-state index is -0.464. The molecule has 0 saturated carbocycles. The first-order valence-electron chi connectivity index (χ1n) is 7.33. The fourth-order valence-electron chi connectivity index (χ4n) is 2.40. The normalized spacial score (nSPS) is 11.9. The molecule has 0 aliphatic carbocycles. The molecule has 3 aromatic rings. The van der Waals surface area contributed by atoms with Crippen molar-refractivity contribution in [1.29, 1.82) is 0 Å². The lowest BCUT2D eigenvalue weighted by atomic mass is 10.1. The highest BCUT2D eigenvalue weighted by Crippen LogP contribution is 2.29. The van der Waals surface area contributed by atoms with Crippen LogP contribution in [0, 0.1) is 10.1 Å². The molecular formula is C17H15ClN4O2. The van der Waals surface area contributed by atoms with Gasteiger partial charge in [-0.05, 0) is 30.7 Å². The van der Waals surface area contributed by atoms with Gasteiger partial charge >= 0.3 is 0 Å². The van der Waals surface area contributed by atoms with E-state index in [1.807, 2.05) is 42.0 Å². The van der Waals surface area contributed by atoms with Gasteiger partial charge < -0.3 is 9.88 Å². The Morgan fingerprint density at radius 1 is 1.25 bits per heavy atom. The smallest absolute Gasteiger partial charge is 0.271 e. The Morgan fingerprint density at radius 2 is 2.00 bits per heavy atom. The van der Waals surface area contributed by atoms with Crippen LogP contribution in [-0.2, 0) is 0 Å². The molecule has 0 amide bonds. The van der Waals surface area contributed by atoms with Gasteiger partial charge in [-0.1, -0.05) is 23.7 Å². The number of rotatable bonds is 5. The van der Waals surface area contributed by atoms with Crippen molar-refractivity contribution in [2.24, 2.45) is 0 Å². The van der Waals surface area contributed by atoms with E-state index in [4.69, 9.17) is 11.6 Å². The summed E-state index contributed by atoms with van der Waals surface area (Å²) in [6.45, 7) is 2.00. The zero-order valence-corrected chi connectivity index (χ0v) is 13.6. The average molecular weight is 343 g/mol. The molecule has 3 rings (SSSR count). The van der Waals surface area contributed by atoms with Crippen LogP contribution in [0.4, 0.5) is 11.4 Å². The lowest BCUT2D eigenvalue weighted by Crippen LogP contribution is -2.07. The van der Waals surface area contributed by atoms with Gasteiger partial charge in [0, 0.05) is 36.3 Å². The van der Waals surface area contributed by atoms with Crippen LogP contribution >= 0.6 is 11.6 Å². The van der Waals surface area contributed by atoms with E-state index in [2.05, 4.69) is 10.3 Å². The van der Waals surface area contributed by atoms with Gasteiger partial charge in [0.1, 0.15) is 0 Å². The monoisotopic (exact) mass is 342 g/mol. The van der Waals surface area contributed by atoms with Crippen molar-refractivity contribution in [2.45, 2.75) is 13.0 Å². The molecule has 0 spiro atoms. The molecule has 6 nitrogen and oxygen atoms in total. The number of aromatic nitrogens is 2. The highest BCUT2D eigenvalue weighted by atomic mass is 35.5. The van der Waals surface area contributed by atoms with Crippen molar-refractivity contribution in [3.05, 3.63) is 81.9 Å². The molecule has 0 saturated heterocycles. The molecule has 7 heteroatoms. The second-order valence-corrected chi connectivity index (χ2v) is 5.76. The van der Waals surface area contributed by atoms with Gasteiger partial charge in [0.05, 0.1) is 22.0 Å². The summed E-state index contributed by atoms with van der Waals surface area (Å²) in [5.41, 5.74) is 2.74. The fourth-order valence-corrected chi connectivity index (χ4v) is 2.63. The van der Waals surface area contributed by atoms with Gasteiger partial charge in [-0.2, -0.15) is 0 Å². The van der Waals surface area contributed by atoms with E-state index in [9.17, 15) is 10.1 Å². The van der Waals surface area contributed by atoms with Gasteiger partial charge in [-0.3, -0.25) is 10.1 Å². The van der Waals surface area contributed by atoms with Crippen molar-refractivity contribution in [1.82, 2.24) is 9.55 Å². The molecule has 122 valence electrons. The number of nitro groups is 1. The number of nitro benzene ring substituents is 1. The zero-order valence-electron chi connectivity index (χ0n) is 12.9. The second kappa shape index (κ2) is 6.72. The van der Waals surface area contributed by atoms with E-state index in [0.29, 0.717) is 10.7 Å². The molecule has 0 radical (unpaired) electrons. The van der Waals surface area contributed by atoms with Crippen LogP contribution in [0.15, 0.2) is 61.2 Å². The number of imidazole rings is 1. The predicted octanol–water partition coefficient (Wildman–Crippen LogP) is 4.61. The van der Waals surface area contributed by atoms with Crippen LogP contribution in [0.5, 0.6) is 0 Å². The van der Waals surface area contributed by atoms with Crippen molar-refractivity contribution in [2.75, 3.05) is 5.32 Å². The quantitative estimate of drug-likeness (QED) is 0.543. The molecule has 1 atom stereocenters. The summed E-state index contributed by atoms with van der Waals surface area (Å²) in [6.07, 6.45) is 5.36. The Balaban J connectivity index is 1.75. The minimum Gasteiger partial charge on any atom is -0.377 e. The number of hydrogen-bond acceptors (Lipinski definition) is 4. The van der Waals surface area contributed by atoms with Crippen LogP contribution in [0.2, 0.25) is 5.02 Å². The largest absolute Gasteiger partial charge is 0.377 e. The zero-order chi connectivity index (χ0) is 17.1. The van der Waals surface area contributed by atoms with E-state index < -0.39 is 4.92 Å². The maximum Gasteiger partial charge on any atom is 0.271 e. The Kier molecular flexibility index (Phi) is 4.48. The SMILES string of the molecule is C[C@H](Nc1ccc([N+](=O)[O-])cc1Cl)c1ccc(-n2ccnc2)cc1. The molecule has 1 aromatic heterocycles. The molecule has 0 bridgehead atoms. The van der Waals surface area contributed by atoms with Gasteiger partial charge in [0.15, 0.2) is 0 Å². The number of halogens is 1. The Hall–Kier alpha value is -2.86. The van der Waals surface area contributed by atoms with Crippen molar-refractivity contribution in [3.63, 3.8) is 0 Å². The Labute approximate surface area is 143 Å². The van der Waals surface area contributed by atoms with Gasteiger partial charge in [-0.15, -0.1) is 0 Å². The molecule has 1 N–H and O–H groups in total. The van der Waals surface area contributed by atoms with E-state index in [1.54, 1.807) is 18.6 Å². The van der Waals surface area contributed by atoms with E-state index in [0.717, 1.165) is 11.3 Å². The topological polar surface area (TPSA) is 73.0 Å². The summed E-state index contributed by atoms with van der Waals surface area (Å²) in [4.78, 5) is 14.3. The molecular weight excluding hydrogens is 328 g/mol. The maximum absolute atomic E-state index is 10.8. The minimum absolute atomic E-state index is 0.000735. The molecule has 0 aliphatic heterocycles. The molecule has 0 fully saturated rings. The number of benzene rings is 2. The van der Waals surface area contributed by atoms with Gasteiger partial charge in [0.2, 0.25) is 0 Å². The highest BCUT2D eigenvalue weighted by Gasteiger charge is 2.12. The molecule has 2 aromatic carbocycles. The summed E-state index contributed by atoms with van der Waals surface area (Å²) in [6, 6.07) is 12.5. The number of hydrogen-bond donors (Lipinski definition) is 1. The number of nitrogens with one attached hydrogen (secondary N) is 1. The first kappa shape index (κ1) is 16.0. The number of nitrogens with zero attached hydrogens (tertiary/aromatic N) is 3. The Morgan fingerprint density at radius 3 is 2.58 bits per heavy atom. The lowest BCUT2D eigenvalue weighted by Gasteiger charge is -2.17. The summed E-state index contributed by atoms with van der Waals surface area (Å²) < 4.78 is 1.93. The summed E-state index contributed by atoms with van der Waals surface area (Å²) in [5.74, 6) is 0. The molecule has 0 unspecified atom stereocenters. The van der Waals surface area contributed by atoms with Crippen LogP contribution in [0.25, 0.3) is 5.69 Å². The summed E-state index contributed by atoms with van der Waals surface area (Å²) in [5, 5.41) is 14.4. The third kappa shape index (κ3) is 3.38. The standard InChI is InChI=1S/C17H15ClN4O2/c1-12(20-17-7-6-15(22(23)24)10-16(17)18)13-2-4-14(5-3-13)21-9-8-19-11-21/h2-12,20H,1H3/t12-/m0/s1. The van der Waals surface area contributed by atoms with E-state index in [1.165, 1.54) is 12.1 Å². The van der Waals surface area contributed by atoms with Crippen LogP contribution in [0.3, 0.4) is 0 Å². The van der Waals surface area contributed by atoms with Crippen molar-refractivity contribution >= 4 is 23.0 Å². The van der Waals surface area contributed by atoms with Crippen LogP contribution < -0.4 is 5.32 Å². The summed E-state index contributed by atoms with van der Waals surface area (Å²) >= 11 is 6.12. The highest BCUT2D eigenvalue weighted by molar-refractivity contribution is 6.33. The fraction of sp³-hybridized carbons (Fsp3) is 0.118. The maximum atomic E-state index is 10.8. The first-order chi connectivity index (χ1) is 11.5. The molecule has 1 heterocycles. The third-order valence-electron chi connectivity index (χ3n) is 3.73. The number of non-ortho nitro benzene ring substituents is 1. The summed E-state index contributed by atoms with van der Waals surface area (Å²) in [7, 11) is 0. The predicted molar refractivity (Wildman–Crippen MR) is 93.7 cm³/mol. The average Bonchev–Trinajstić information content (AvgIpc) is 3.11. The second-order valence-electron chi connectivity index (χ2n) is 5.35. The first-order valence-corrected chi connectivity index (χ1v) is 7.71. The Bertz CT molecular complexity index is 848. The van der Waals surface area contributed by atoms with Gasteiger partial charge in [-0.25, -0.2) is 4.98 Å². The van der Waals surface area contributed by atoms with Crippen molar-refractivity contribution < 1.29 is 4.92 Å². The number of anilines is 1. The molecule has 0 aliphatic rings. The third-order valence-corrected chi connectivity index (χ3v) is 4.04.